The fraction of sp³-hybridized carbons (Fsp3) is 0.357. The van der Waals surface area contributed by atoms with Crippen LogP contribution in [0.2, 0.25) is 0 Å². The van der Waals surface area contributed by atoms with E-state index in [1.165, 1.54) is 12.1 Å². The number of nitrogens with two attached hydrogens (primary N) is 1. The highest BCUT2D eigenvalue weighted by Gasteiger charge is 2.24. The van der Waals surface area contributed by atoms with Gasteiger partial charge in [0.2, 0.25) is 0 Å². The molecule has 0 spiro atoms. The van der Waals surface area contributed by atoms with Gasteiger partial charge >= 0.3 is 0 Å². The summed E-state index contributed by atoms with van der Waals surface area (Å²) in [4.78, 5) is 0. The van der Waals surface area contributed by atoms with Gasteiger partial charge in [0.15, 0.2) is 5.75 Å². The van der Waals surface area contributed by atoms with Gasteiger partial charge in [-0.15, -0.1) is 0 Å². The molecule has 0 bridgehead atoms. The van der Waals surface area contributed by atoms with Gasteiger partial charge in [-0.05, 0) is 30.2 Å². The van der Waals surface area contributed by atoms with E-state index in [0.717, 1.165) is 23.1 Å². The number of aryl methyl sites for hydroxylation is 1. The SMILES string of the molecule is CCCn1ncc(OC)c1C(NN)c1cc(F)ccc1Br. The maximum absolute atomic E-state index is 13.6. The number of halogens is 2. The van der Waals surface area contributed by atoms with E-state index in [-0.39, 0.29) is 5.82 Å². The molecule has 0 radical (unpaired) electrons. The molecule has 2 aromatic rings. The Morgan fingerprint density at radius 3 is 2.90 bits per heavy atom. The first-order chi connectivity index (χ1) is 10.1. The largest absolute Gasteiger partial charge is 0.493 e. The van der Waals surface area contributed by atoms with Crippen molar-refractivity contribution in [1.82, 2.24) is 15.2 Å². The van der Waals surface area contributed by atoms with Crippen LogP contribution in [0, 0.1) is 5.82 Å². The minimum atomic E-state index is -0.431. The van der Waals surface area contributed by atoms with Crippen LogP contribution in [0.25, 0.3) is 0 Å². The number of rotatable bonds is 6. The van der Waals surface area contributed by atoms with Crippen molar-refractivity contribution in [3.8, 4) is 5.75 Å². The van der Waals surface area contributed by atoms with Crippen LogP contribution in [0.5, 0.6) is 5.75 Å². The molecule has 0 amide bonds. The lowest BCUT2D eigenvalue weighted by atomic mass is 10.0. The number of nitrogens with one attached hydrogen (secondary N) is 1. The maximum Gasteiger partial charge on any atom is 0.161 e. The smallest absolute Gasteiger partial charge is 0.161 e. The number of ether oxygens (including phenoxy) is 1. The number of hydrogen-bond acceptors (Lipinski definition) is 4. The molecule has 114 valence electrons. The van der Waals surface area contributed by atoms with E-state index in [9.17, 15) is 4.39 Å². The Kier molecular flexibility index (Phi) is 5.33. The lowest BCUT2D eigenvalue weighted by molar-refractivity contribution is 0.398. The first-order valence-corrected chi connectivity index (χ1v) is 7.42. The van der Waals surface area contributed by atoms with Gasteiger partial charge in [0.05, 0.1) is 19.3 Å². The number of methoxy groups -OCH3 is 1. The highest BCUT2D eigenvalue weighted by molar-refractivity contribution is 9.10. The van der Waals surface area contributed by atoms with Gasteiger partial charge in [0.25, 0.3) is 0 Å². The zero-order valence-corrected chi connectivity index (χ0v) is 13.5. The number of hydrazine groups is 1. The molecule has 1 atom stereocenters. The molecule has 2 rings (SSSR count). The molecule has 0 aliphatic rings. The summed E-state index contributed by atoms with van der Waals surface area (Å²) in [5.74, 6) is 6.00. The topological polar surface area (TPSA) is 65.1 Å². The second kappa shape index (κ2) is 7.02. The highest BCUT2D eigenvalue weighted by Crippen LogP contribution is 2.33. The Labute approximate surface area is 131 Å². The van der Waals surface area contributed by atoms with Gasteiger partial charge in [0.1, 0.15) is 11.5 Å². The summed E-state index contributed by atoms with van der Waals surface area (Å²) >= 11 is 3.43. The molecule has 0 aliphatic carbocycles. The van der Waals surface area contributed by atoms with Gasteiger partial charge < -0.3 is 4.74 Å². The lowest BCUT2D eigenvalue weighted by Gasteiger charge is -2.20. The monoisotopic (exact) mass is 356 g/mol. The van der Waals surface area contributed by atoms with E-state index in [0.29, 0.717) is 11.3 Å². The van der Waals surface area contributed by atoms with E-state index in [2.05, 4.69) is 33.4 Å². The zero-order chi connectivity index (χ0) is 15.4. The molecular weight excluding hydrogens is 339 g/mol. The molecule has 0 saturated heterocycles. The summed E-state index contributed by atoms with van der Waals surface area (Å²) in [5.41, 5.74) is 4.18. The van der Waals surface area contributed by atoms with Crippen LogP contribution in [0.3, 0.4) is 0 Å². The second-order valence-electron chi connectivity index (χ2n) is 4.59. The molecule has 1 heterocycles. The summed E-state index contributed by atoms with van der Waals surface area (Å²) in [7, 11) is 1.57. The Morgan fingerprint density at radius 2 is 2.29 bits per heavy atom. The predicted molar refractivity (Wildman–Crippen MR) is 82.3 cm³/mol. The Hall–Kier alpha value is -1.44. The first kappa shape index (κ1) is 15.9. The highest BCUT2D eigenvalue weighted by atomic mass is 79.9. The molecule has 1 aromatic carbocycles. The number of aromatic nitrogens is 2. The molecule has 0 fully saturated rings. The van der Waals surface area contributed by atoms with Crippen LogP contribution in [0.1, 0.15) is 30.6 Å². The van der Waals surface area contributed by atoms with Gasteiger partial charge in [-0.25, -0.2) is 9.82 Å². The molecule has 21 heavy (non-hydrogen) atoms. The van der Waals surface area contributed by atoms with Crippen LogP contribution in [-0.2, 0) is 6.54 Å². The molecular formula is C14H18BrFN4O. The fourth-order valence-corrected chi connectivity index (χ4v) is 2.74. The maximum atomic E-state index is 13.6. The normalized spacial score (nSPS) is 12.4. The second-order valence-corrected chi connectivity index (χ2v) is 5.44. The summed E-state index contributed by atoms with van der Waals surface area (Å²) in [5, 5.41) is 4.31. The first-order valence-electron chi connectivity index (χ1n) is 6.63. The third-order valence-corrected chi connectivity index (χ3v) is 3.93. The number of nitrogens with zero attached hydrogens (tertiary/aromatic N) is 2. The third kappa shape index (κ3) is 3.25. The molecule has 3 N–H and O–H groups in total. The Morgan fingerprint density at radius 1 is 1.52 bits per heavy atom. The summed E-state index contributed by atoms with van der Waals surface area (Å²) < 4.78 is 21.5. The van der Waals surface area contributed by atoms with E-state index >= 15 is 0 Å². The van der Waals surface area contributed by atoms with Crippen LogP contribution in [0.15, 0.2) is 28.9 Å². The number of hydrogen-bond donors (Lipinski definition) is 2. The average molecular weight is 357 g/mol. The van der Waals surface area contributed by atoms with Crippen LogP contribution < -0.4 is 16.0 Å². The van der Waals surface area contributed by atoms with Crippen LogP contribution in [0.4, 0.5) is 4.39 Å². The van der Waals surface area contributed by atoms with Crippen LogP contribution >= 0.6 is 15.9 Å². The van der Waals surface area contributed by atoms with Crippen molar-refractivity contribution >= 4 is 15.9 Å². The zero-order valence-electron chi connectivity index (χ0n) is 11.9. The minimum absolute atomic E-state index is 0.325. The van der Waals surface area contributed by atoms with E-state index in [1.807, 2.05) is 4.68 Å². The third-order valence-electron chi connectivity index (χ3n) is 3.21. The minimum Gasteiger partial charge on any atom is -0.493 e. The summed E-state index contributed by atoms with van der Waals surface area (Å²) in [6, 6.07) is 4.06. The standard InChI is InChI=1S/C14H18BrFN4O/c1-3-6-20-14(12(21-2)8-18-20)13(19-17)10-7-9(16)4-5-11(10)15/h4-5,7-8,13,19H,3,6,17H2,1-2H3. The quantitative estimate of drug-likeness (QED) is 0.616. The molecule has 7 heteroatoms. The van der Waals surface area contributed by atoms with Gasteiger partial charge in [-0.3, -0.25) is 10.5 Å². The molecule has 0 saturated carbocycles. The van der Waals surface area contributed by atoms with Gasteiger partial charge in [-0.1, -0.05) is 22.9 Å². The van der Waals surface area contributed by atoms with Crippen molar-refractivity contribution in [2.24, 2.45) is 5.84 Å². The summed E-state index contributed by atoms with van der Waals surface area (Å²) in [6.45, 7) is 2.78. The van der Waals surface area contributed by atoms with E-state index in [1.54, 1.807) is 19.4 Å². The van der Waals surface area contributed by atoms with Crippen LogP contribution in [-0.4, -0.2) is 16.9 Å². The molecule has 0 aliphatic heterocycles. The molecule has 1 unspecified atom stereocenters. The predicted octanol–water partition coefficient (Wildman–Crippen LogP) is 2.76. The number of benzene rings is 1. The van der Waals surface area contributed by atoms with Crippen molar-refractivity contribution in [2.75, 3.05) is 7.11 Å². The average Bonchev–Trinajstić information content (AvgIpc) is 2.87. The Balaban J connectivity index is 2.55. The van der Waals surface area contributed by atoms with Crippen molar-refractivity contribution in [2.45, 2.75) is 25.9 Å². The van der Waals surface area contributed by atoms with Gasteiger partial charge in [0, 0.05) is 11.0 Å². The van der Waals surface area contributed by atoms with Crippen molar-refractivity contribution in [3.05, 3.63) is 45.9 Å². The lowest BCUT2D eigenvalue weighted by Crippen LogP contribution is -2.31. The molecule has 5 nitrogen and oxygen atoms in total. The van der Waals surface area contributed by atoms with Crippen molar-refractivity contribution in [1.29, 1.82) is 0 Å². The fourth-order valence-electron chi connectivity index (χ4n) is 2.27. The van der Waals surface area contributed by atoms with E-state index in [4.69, 9.17) is 10.6 Å². The van der Waals surface area contributed by atoms with Gasteiger partial charge in [-0.2, -0.15) is 5.10 Å². The Bertz CT molecular complexity index is 617. The summed E-state index contributed by atoms with van der Waals surface area (Å²) in [6.07, 6.45) is 2.56. The van der Waals surface area contributed by atoms with Crippen molar-refractivity contribution < 1.29 is 9.13 Å². The molecule has 1 aromatic heterocycles. The van der Waals surface area contributed by atoms with Crippen molar-refractivity contribution in [3.63, 3.8) is 0 Å². The van der Waals surface area contributed by atoms with E-state index < -0.39 is 6.04 Å².